The normalized spacial score (nSPS) is 14.2. The van der Waals surface area contributed by atoms with Crippen LogP contribution in [0.2, 0.25) is 0 Å². The highest BCUT2D eigenvalue weighted by atomic mass is 16.3. The van der Waals surface area contributed by atoms with Gasteiger partial charge < -0.3 is 63.2 Å². The lowest BCUT2D eigenvalue weighted by Gasteiger charge is -2.30. The summed E-state index contributed by atoms with van der Waals surface area (Å²) in [6.45, 7) is 6.85. The molecule has 0 aliphatic carbocycles. The lowest BCUT2D eigenvalue weighted by molar-refractivity contribution is 0.360. The number of nitrogens with two attached hydrogens (primary N) is 1. The van der Waals surface area contributed by atoms with Gasteiger partial charge in [0.05, 0.1) is 0 Å². The number of hydrogen-bond donors (Lipinski definition) is 12. The first-order valence-corrected chi connectivity index (χ1v) is 24.1. The van der Waals surface area contributed by atoms with Gasteiger partial charge in [-0.25, -0.2) is 0 Å². The zero-order valence-corrected chi connectivity index (χ0v) is 39.4. The number of nitrogens with one attached hydrogen (secondary N) is 6. The minimum absolute atomic E-state index is 0.0307. The molecule has 0 unspecified atom stereocenters. The lowest BCUT2D eigenvalue weighted by Crippen LogP contribution is -2.53. The Bertz CT molecular complexity index is 2280. The average molecular weight is 924 g/mol. The molecule has 0 aliphatic heterocycles. The Kier molecular flexibility index (Phi) is 21.0. The Hall–Kier alpha value is -5.96. The van der Waals surface area contributed by atoms with Crippen LogP contribution in [0.25, 0.3) is 0 Å². The van der Waals surface area contributed by atoms with Crippen molar-refractivity contribution in [2.24, 2.45) is 5.73 Å². The summed E-state index contributed by atoms with van der Waals surface area (Å²) in [5.74, 6) is 1.21. The molecule has 0 radical (unpaired) electrons. The Morgan fingerprint density at radius 1 is 0.309 bits per heavy atom. The molecule has 0 fully saturated rings. The monoisotopic (exact) mass is 924 g/mol. The van der Waals surface area contributed by atoms with Gasteiger partial charge in [0.25, 0.3) is 0 Å². The van der Waals surface area contributed by atoms with E-state index < -0.39 is 0 Å². The minimum Gasteiger partial charge on any atom is -0.508 e. The molecule has 0 aromatic heterocycles. The number of likely N-dealkylation sites (N-methyl/N-ethyl adjacent to an activating group) is 1. The predicted octanol–water partition coefficient (Wildman–Crippen LogP) is 5.70. The first kappa shape index (κ1) is 51.4. The molecule has 68 heavy (non-hydrogen) atoms. The van der Waals surface area contributed by atoms with Crippen LogP contribution in [0.15, 0.2) is 152 Å². The highest BCUT2D eigenvalue weighted by Crippen LogP contribution is 2.17. The van der Waals surface area contributed by atoms with Crippen molar-refractivity contribution in [1.29, 1.82) is 0 Å². The Balaban J connectivity index is 1.18. The molecule has 12 nitrogen and oxygen atoms in total. The third kappa shape index (κ3) is 18.6. The fourth-order valence-corrected chi connectivity index (χ4v) is 8.64. The van der Waals surface area contributed by atoms with Crippen LogP contribution in [0.1, 0.15) is 40.3 Å². The number of hydrogen-bond acceptors (Lipinski definition) is 12. The van der Waals surface area contributed by atoms with Gasteiger partial charge in [-0.2, -0.15) is 0 Å². The maximum Gasteiger partial charge on any atom is 0.115 e. The van der Waals surface area contributed by atoms with Gasteiger partial charge in [0.2, 0.25) is 0 Å². The van der Waals surface area contributed by atoms with Crippen LogP contribution < -0.4 is 37.6 Å². The van der Waals surface area contributed by atoms with E-state index in [1.54, 1.807) is 60.7 Å². The molecule has 0 spiro atoms. The number of rotatable bonds is 30. The third-order valence-corrected chi connectivity index (χ3v) is 12.5. The maximum absolute atomic E-state index is 10.1. The van der Waals surface area contributed by atoms with Gasteiger partial charge in [0.1, 0.15) is 28.7 Å². The van der Waals surface area contributed by atoms with E-state index in [-0.39, 0.29) is 65.0 Å². The van der Waals surface area contributed by atoms with Crippen molar-refractivity contribution in [2.45, 2.75) is 81.7 Å². The summed E-state index contributed by atoms with van der Waals surface area (Å²) in [6.07, 6.45) is 4.58. The van der Waals surface area contributed by atoms with Crippen molar-refractivity contribution < 1.29 is 25.5 Å². The fourth-order valence-electron chi connectivity index (χ4n) is 8.64. The second kappa shape index (κ2) is 27.8. The van der Waals surface area contributed by atoms with Crippen molar-refractivity contribution in [1.82, 2.24) is 31.9 Å². The van der Waals surface area contributed by atoms with Crippen molar-refractivity contribution in [3.8, 4) is 28.7 Å². The number of benzene rings is 6. The molecule has 0 saturated heterocycles. The molecule has 0 saturated carbocycles. The molecule has 0 aliphatic rings. The van der Waals surface area contributed by atoms with Crippen molar-refractivity contribution in [3.05, 3.63) is 185 Å². The Labute approximate surface area is 403 Å². The van der Waals surface area contributed by atoms with E-state index in [2.05, 4.69) is 63.1 Å². The molecule has 0 amide bonds. The third-order valence-electron chi connectivity index (χ3n) is 12.5. The summed E-state index contributed by atoms with van der Waals surface area (Å²) in [5, 5.41) is 73.1. The van der Waals surface area contributed by atoms with Crippen molar-refractivity contribution in [3.63, 3.8) is 0 Å². The quantitative estimate of drug-likeness (QED) is 0.0264. The highest BCUT2D eigenvalue weighted by Gasteiger charge is 2.21. The zero-order valence-electron chi connectivity index (χ0n) is 39.4. The molecule has 6 aromatic rings. The number of aromatic hydroxyl groups is 5. The zero-order chi connectivity index (χ0) is 47.9. The van der Waals surface area contributed by atoms with Crippen LogP contribution in [0, 0.1) is 0 Å². The van der Waals surface area contributed by atoms with Gasteiger partial charge in [-0.05, 0) is 139 Å². The summed E-state index contributed by atoms with van der Waals surface area (Å²) in [6, 6.07) is 48.0. The van der Waals surface area contributed by atoms with E-state index in [9.17, 15) is 25.5 Å². The second-order valence-corrected chi connectivity index (χ2v) is 18.1. The standard InChI is InChI=1S/C56H73N7O5/c1-2-58-47(30-42-10-20-53(65)21-11-42)35-60-50(32-44-14-24-55(67)25-15-44)38-63-51(33-45-16-26-56(68)27-17-45)39-61-48(29-40-6-4-3-5-7-40)37-62-49(31-43-12-22-54(66)23-13-43)36-59-46(34-57)28-41-8-18-52(64)19-9-41/h3-27,46-51,58-68H,2,28-39,57H2,1H3/t46-,47-,48-,49-,50-,51-/m0/s1. The molecule has 0 bridgehead atoms. The van der Waals surface area contributed by atoms with Crippen molar-refractivity contribution >= 4 is 0 Å². The molecule has 6 atom stereocenters. The largest absolute Gasteiger partial charge is 0.508 e. The van der Waals surface area contributed by atoms with Gasteiger partial charge in [-0.3, -0.25) is 0 Å². The SMILES string of the molecule is CCN[C@H](CN[C@H](CN[C@H](CN[C@H](CN[C@H](CN[C@H](CN)Cc1ccc(O)cc1)Cc1ccc(O)cc1)Cc1ccccc1)Cc1ccc(O)cc1)Cc1ccc(O)cc1)Cc1ccc(O)cc1. The summed E-state index contributed by atoms with van der Waals surface area (Å²) < 4.78 is 0. The molecule has 6 aromatic carbocycles. The fraction of sp³-hybridized carbons (Fsp3) is 0.357. The first-order valence-electron chi connectivity index (χ1n) is 24.1. The Morgan fingerprint density at radius 2 is 0.529 bits per heavy atom. The van der Waals surface area contributed by atoms with Gasteiger partial charge in [-0.1, -0.05) is 97.9 Å². The maximum atomic E-state index is 10.1. The molecular weight excluding hydrogens is 851 g/mol. The van der Waals surface area contributed by atoms with Gasteiger partial charge in [0, 0.05) is 75.5 Å². The second-order valence-electron chi connectivity index (χ2n) is 18.1. The molecular formula is C56H73N7O5. The minimum atomic E-state index is 0.0307. The van der Waals surface area contributed by atoms with Crippen LogP contribution in [0.4, 0.5) is 0 Å². The first-order chi connectivity index (χ1) is 33.1. The Morgan fingerprint density at radius 3 is 0.779 bits per heavy atom. The number of phenolic OH excluding ortho intramolecular Hbond substituents is 5. The van der Waals surface area contributed by atoms with E-state index >= 15 is 0 Å². The lowest BCUT2D eigenvalue weighted by atomic mass is 10.0. The predicted molar refractivity (Wildman–Crippen MR) is 275 cm³/mol. The summed E-state index contributed by atoms with van der Waals surface area (Å²) >= 11 is 0. The van der Waals surface area contributed by atoms with E-state index in [0.29, 0.717) is 32.7 Å². The van der Waals surface area contributed by atoms with Gasteiger partial charge in [-0.15, -0.1) is 0 Å². The van der Waals surface area contributed by atoms with E-state index in [0.717, 1.165) is 79.4 Å². The van der Waals surface area contributed by atoms with Gasteiger partial charge in [0.15, 0.2) is 0 Å². The summed E-state index contributed by atoms with van der Waals surface area (Å²) in [7, 11) is 0. The average Bonchev–Trinajstić information content (AvgIpc) is 3.35. The molecule has 362 valence electrons. The number of phenols is 5. The van der Waals surface area contributed by atoms with E-state index in [1.807, 2.05) is 66.7 Å². The van der Waals surface area contributed by atoms with Crippen LogP contribution in [0.5, 0.6) is 28.7 Å². The smallest absolute Gasteiger partial charge is 0.115 e. The van der Waals surface area contributed by atoms with Crippen LogP contribution in [-0.2, 0) is 38.5 Å². The van der Waals surface area contributed by atoms with Crippen molar-refractivity contribution in [2.75, 3.05) is 45.8 Å². The molecule has 13 N–H and O–H groups in total. The highest BCUT2D eigenvalue weighted by molar-refractivity contribution is 5.30. The molecule has 12 heteroatoms. The summed E-state index contributed by atoms with van der Waals surface area (Å²) in [5.41, 5.74) is 13.1. The molecule has 6 rings (SSSR count). The molecule has 0 heterocycles. The van der Waals surface area contributed by atoms with E-state index in [1.165, 1.54) is 5.56 Å². The van der Waals surface area contributed by atoms with E-state index in [4.69, 9.17) is 5.73 Å². The van der Waals surface area contributed by atoms with Gasteiger partial charge >= 0.3 is 0 Å². The summed E-state index contributed by atoms with van der Waals surface area (Å²) in [4.78, 5) is 0. The van der Waals surface area contributed by atoms with Crippen LogP contribution in [0.3, 0.4) is 0 Å². The van der Waals surface area contributed by atoms with Crippen LogP contribution in [-0.4, -0.2) is 108 Å². The topological polar surface area (TPSA) is 199 Å². The van der Waals surface area contributed by atoms with Crippen LogP contribution >= 0.6 is 0 Å².